The number of hydrogen-bond donors (Lipinski definition) is 2. The summed E-state index contributed by atoms with van der Waals surface area (Å²) in [6.45, 7) is 4.36. The van der Waals surface area contributed by atoms with Crippen LogP contribution in [0.2, 0.25) is 0 Å². The molecule has 0 heterocycles. The van der Waals surface area contributed by atoms with Gasteiger partial charge in [-0.05, 0) is 48.2 Å². The first-order valence-electron chi connectivity index (χ1n) is 7.47. The van der Waals surface area contributed by atoms with Gasteiger partial charge in [-0.3, -0.25) is 0 Å². The van der Waals surface area contributed by atoms with Crippen molar-refractivity contribution in [1.82, 2.24) is 5.32 Å². The zero-order valence-corrected chi connectivity index (χ0v) is 13.4. The average Bonchev–Trinajstić information content (AvgIpc) is 2.55. The molecule has 0 atom stereocenters. The van der Waals surface area contributed by atoms with Gasteiger partial charge in [0.1, 0.15) is 12.4 Å². The van der Waals surface area contributed by atoms with Gasteiger partial charge in [-0.1, -0.05) is 42.5 Å². The Morgan fingerprint density at radius 2 is 1.83 bits per heavy atom. The summed E-state index contributed by atoms with van der Waals surface area (Å²) >= 11 is 0. The number of carbonyl (C=O) groups excluding carboxylic acids is 1. The lowest BCUT2D eigenvalue weighted by Gasteiger charge is -2.06. The summed E-state index contributed by atoms with van der Waals surface area (Å²) in [5, 5.41) is 12.4. The van der Waals surface area contributed by atoms with Gasteiger partial charge >= 0.3 is 6.09 Å². The predicted molar refractivity (Wildman–Crippen MR) is 91.2 cm³/mol. The number of amides is 1. The molecule has 0 bridgehead atoms. The molecule has 4 heteroatoms. The van der Waals surface area contributed by atoms with Gasteiger partial charge in [0.2, 0.25) is 0 Å². The molecule has 2 aromatic carbocycles. The van der Waals surface area contributed by atoms with Crippen LogP contribution >= 0.6 is 0 Å². The van der Waals surface area contributed by atoms with E-state index in [1.165, 1.54) is 0 Å². The lowest BCUT2D eigenvalue weighted by Crippen LogP contribution is -2.24. The van der Waals surface area contributed by atoms with Gasteiger partial charge in [-0.15, -0.1) is 0 Å². The number of ether oxygens (including phenoxy) is 1. The van der Waals surface area contributed by atoms with Crippen molar-refractivity contribution >= 4 is 12.2 Å². The Morgan fingerprint density at radius 3 is 2.48 bits per heavy atom. The van der Waals surface area contributed by atoms with Crippen molar-refractivity contribution in [3.05, 3.63) is 70.8 Å². The molecule has 2 N–H and O–H groups in total. The van der Waals surface area contributed by atoms with Crippen molar-refractivity contribution < 1.29 is 14.6 Å². The standard InChI is InChI=1S/C19H21NO3/c1-14-11-17(12-15(2)18(14)21)9-6-10-20-19(22)23-13-16-7-4-3-5-8-16/h3-9,11-12,21H,10,13H2,1-2H3,(H,20,22). The molecule has 0 aliphatic heterocycles. The van der Waals surface area contributed by atoms with Crippen molar-refractivity contribution in [3.8, 4) is 5.75 Å². The molecule has 23 heavy (non-hydrogen) atoms. The molecule has 1 amide bonds. The first-order valence-corrected chi connectivity index (χ1v) is 7.47. The predicted octanol–water partition coefficient (Wildman–Crippen LogP) is 3.95. The van der Waals surface area contributed by atoms with Gasteiger partial charge in [-0.25, -0.2) is 4.79 Å². The molecule has 0 saturated heterocycles. The van der Waals surface area contributed by atoms with Crippen LogP contribution in [0, 0.1) is 13.8 Å². The van der Waals surface area contributed by atoms with Gasteiger partial charge in [0.05, 0.1) is 0 Å². The molecule has 4 nitrogen and oxygen atoms in total. The van der Waals surface area contributed by atoms with Crippen LogP contribution in [0.4, 0.5) is 4.79 Å². The lowest BCUT2D eigenvalue weighted by atomic mass is 10.1. The number of aryl methyl sites for hydroxylation is 2. The SMILES string of the molecule is Cc1cc(C=CCNC(=O)OCc2ccccc2)cc(C)c1O. The zero-order chi connectivity index (χ0) is 16.7. The second-order valence-corrected chi connectivity index (χ2v) is 5.35. The van der Waals surface area contributed by atoms with E-state index in [4.69, 9.17) is 4.74 Å². The Kier molecular flexibility index (Phi) is 5.80. The summed E-state index contributed by atoms with van der Waals surface area (Å²) in [6.07, 6.45) is 3.29. The van der Waals surface area contributed by atoms with E-state index in [2.05, 4.69) is 5.32 Å². The molecule has 0 unspecified atom stereocenters. The number of alkyl carbamates (subject to hydrolysis) is 1. The number of nitrogens with one attached hydrogen (secondary N) is 1. The third kappa shape index (κ3) is 5.18. The Balaban J connectivity index is 1.77. The molecule has 0 aromatic heterocycles. The topological polar surface area (TPSA) is 58.6 Å². The minimum atomic E-state index is -0.448. The smallest absolute Gasteiger partial charge is 0.407 e. The van der Waals surface area contributed by atoms with Crippen LogP contribution in [0.3, 0.4) is 0 Å². The number of rotatable bonds is 5. The highest BCUT2D eigenvalue weighted by molar-refractivity contribution is 5.67. The maximum Gasteiger partial charge on any atom is 0.407 e. The third-order valence-electron chi connectivity index (χ3n) is 3.40. The number of benzene rings is 2. The molecule has 0 fully saturated rings. The minimum absolute atomic E-state index is 0.257. The van der Waals surface area contributed by atoms with E-state index in [0.29, 0.717) is 12.3 Å². The Morgan fingerprint density at radius 1 is 1.17 bits per heavy atom. The average molecular weight is 311 g/mol. The van der Waals surface area contributed by atoms with Crippen molar-refractivity contribution in [2.75, 3.05) is 6.54 Å². The van der Waals surface area contributed by atoms with Crippen LogP contribution in [0.1, 0.15) is 22.3 Å². The van der Waals surface area contributed by atoms with E-state index in [9.17, 15) is 9.90 Å². The quantitative estimate of drug-likeness (QED) is 0.879. The fourth-order valence-electron chi connectivity index (χ4n) is 2.20. The van der Waals surface area contributed by atoms with Gasteiger partial charge < -0.3 is 15.2 Å². The molecule has 120 valence electrons. The summed E-state index contributed by atoms with van der Waals surface area (Å²) < 4.78 is 5.12. The molecule has 0 radical (unpaired) electrons. The molecular weight excluding hydrogens is 290 g/mol. The van der Waals surface area contributed by atoms with Crippen LogP contribution in [-0.4, -0.2) is 17.7 Å². The molecule has 0 aliphatic rings. The second-order valence-electron chi connectivity index (χ2n) is 5.35. The number of aromatic hydroxyl groups is 1. The Bertz CT molecular complexity index is 670. The van der Waals surface area contributed by atoms with E-state index >= 15 is 0 Å². The Hall–Kier alpha value is -2.75. The second kappa shape index (κ2) is 8.03. The fraction of sp³-hybridized carbons (Fsp3) is 0.211. The summed E-state index contributed by atoms with van der Waals surface area (Å²) in [4.78, 5) is 11.6. The molecular formula is C19H21NO3. The fourth-order valence-corrected chi connectivity index (χ4v) is 2.20. The van der Waals surface area contributed by atoms with Crippen molar-refractivity contribution in [3.63, 3.8) is 0 Å². The molecule has 0 aliphatic carbocycles. The highest BCUT2D eigenvalue weighted by Gasteiger charge is 2.02. The minimum Gasteiger partial charge on any atom is -0.507 e. The number of phenols is 1. The lowest BCUT2D eigenvalue weighted by molar-refractivity contribution is 0.141. The van der Waals surface area contributed by atoms with Gasteiger partial charge in [0.15, 0.2) is 0 Å². The number of phenolic OH excluding ortho intramolecular Hbond substituents is 1. The maximum atomic E-state index is 11.6. The largest absolute Gasteiger partial charge is 0.507 e. The molecule has 0 saturated carbocycles. The van der Waals surface area contributed by atoms with Gasteiger partial charge in [0, 0.05) is 6.54 Å². The van der Waals surface area contributed by atoms with Crippen molar-refractivity contribution in [2.45, 2.75) is 20.5 Å². The van der Waals surface area contributed by atoms with E-state index < -0.39 is 6.09 Å². The zero-order valence-electron chi connectivity index (χ0n) is 13.4. The monoisotopic (exact) mass is 311 g/mol. The third-order valence-corrected chi connectivity index (χ3v) is 3.40. The maximum absolute atomic E-state index is 11.6. The van der Waals surface area contributed by atoms with Crippen LogP contribution in [0.5, 0.6) is 5.75 Å². The molecule has 0 spiro atoms. The van der Waals surface area contributed by atoms with Crippen LogP contribution in [0.15, 0.2) is 48.5 Å². The van der Waals surface area contributed by atoms with Crippen molar-refractivity contribution in [2.24, 2.45) is 0 Å². The van der Waals surface area contributed by atoms with E-state index in [1.54, 1.807) is 0 Å². The number of carbonyl (C=O) groups is 1. The molecule has 2 aromatic rings. The van der Waals surface area contributed by atoms with Crippen molar-refractivity contribution in [1.29, 1.82) is 0 Å². The van der Waals surface area contributed by atoms with E-state index in [0.717, 1.165) is 22.3 Å². The Labute approximate surface area is 136 Å². The van der Waals surface area contributed by atoms with Crippen LogP contribution in [0.25, 0.3) is 6.08 Å². The number of hydrogen-bond acceptors (Lipinski definition) is 3. The first-order chi connectivity index (χ1) is 11.1. The van der Waals surface area contributed by atoms with Gasteiger partial charge in [-0.2, -0.15) is 0 Å². The normalized spacial score (nSPS) is 10.7. The highest BCUT2D eigenvalue weighted by atomic mass is 16.5. The van der Waals surface area contributed by atoms with E-state index in [-0.39, 0.29) is 6.61 Å². The summed E-state index contributed by atoms with van der Waals surface area (Å²) in [5.41, 5.74) is 3.60. The summed E-state index contributed by atoms with van der Waals surface area (Å²) in [7, 11) is 0. The van der Waals surface area contributed by atoms with Crippen LogP contribution in [-0.2, 0) is 11.3 Å². The van der Waals surface area contributed by atoms with Crippen LogP contribution < -0.4 is 5.32 Å². The van der Waals surface area contributed by atoms with E-state index in [1.807, 2.05) is 68.5 Å². The summed E-state index contributed by atoms with van der Waals surface area (Å²) in [6, 6.07) is 13.3. The summed E-state index contributed by atoms with van der Waals surface area (Å²) in [5.74, 6) is 0.324. The first kappa shape index (κ1) is 16.6. The van der Waals surface area contributed by atoms with Gasteiger partial charge in [0.25, 0.3) is 0 Å². The highest BCUT2D eigenvalue weighted by Crippen LogP contribution is 2.23. The molecule has 2 rings (SSSR count).